The predicted molar refractivity (Wildman–Crippen MR) is 125 cm³/mol. The van der Waals surface area contributed by atoms with Crippen LogP contribution in [0, 0.1) is 12.7 Å². The van der Waals surface area contributed by atoms with Crippen LogP contribution < -0.4 is 15.5 Å². The molecule has 3 amide bonds. The fourth-order valence-corrected chi connectivity index (χ4v) is 4.27. The van der Waals surface area contributed by atoms with Crippen LogP contribution in [-0.2, 0) is 11.2 Å². The number of rotatable bonds is 5. The van der Waals surface area contributed by atoms with Gasteiger partial charge in [0.1, 0.15) is 5.82 Å². The average Bonchev–Trinajstić information content (AvgIpc) is 3.21. The molecule has 1 fully saturated rings. The molecule has 0 aliphatic carbocycles. The number of hydrogen-bond donors (Lipinski definition) is 2. The molecule has 0 unspecified atom stereocenters. The van der Waals surface area contributed by atoms with Gasteiger partial charge in [-0.3, -0.25) is 10.1 Å². The van der Waals surface area contributed by atoms with Crippen molar-refractivity contribution in [1.82, 2.24) is 9.88 Å². The lowest BCUT2D eigenvalue weighted by atomic mass is 10.2. The molecule has 166 valence electrons. The van der Waals surface area contributed by atoms with Gasteiger partial charge in [0.15, 0.2) is 5.13 Å². The zero-order valence-electron chi connectivity index (χ0n) is 17.7. The Morgan fingerprint density at radius 3 is 2.53 bits per heavy atom. The zero-order chi connectivity index (χ0) is 22.5. The van der Waals surface area contributed by atoms with E-state index in [-0.39, 0.29) is 24.2 Å². The molecule has 0 radical (unpaired) electrons. The maximum Gasteiger partial charge on any atom is 0.325 e. The lowest BCUT2D eigenvalue weighted by Gasteiger charge is -2.36. The molecular formula is C23H24FN5O2S. The largest absolute Gasteiger partial charge is 0.368 e. The summed E-state index contributed by atoms with van der Waals surface area (Å²) in [4.78, 5) is 33.2. The molecule has 2 N–H and O–H groups in total. The number of nitrogens with zero attached hydrogens (tertiary/aromatic N) is 3. The second-order valence-corrected chi connectivity index (χ2v) is 8.47. The van der Waals surface area contributed by atoms with E-state index in [0.29, 0.717) is 42.7 Å². The van der Waals surface area contributed by atoms with E-state index in [2.05, 4.69) is 20.5 Å². The Morgan fingerprint density at radius 1 is 1.06 bits per heavy atom. The Bertz CT molecular complexity index is 1090. The number of amides is 3. The second-order valence-electron chi connectivity index (χ2n) is 7.61. The molecule has 1 saturated heterocycles. The summed E-state index contributed by atoms with van der Waals surface area (Å²) in [5.74, 6) is -0.253. The van der Waals surface area contributed by atoms with Gasteiger partial charge in [-0.2, -0.15) is 0 Å². The fourth-order valence-electron chi connectivity index (χ4n) is 3.56. The van der Waals surface area contributed by atoms with Gasteiger partial charge in [-0.15, -0.1) is 11.3 Å². The first-order chi connectivity index (χ1) is 15.5. The van der Waals surface area contributed by atoms with Crippen molar-refractivity contribution in [1.29, 1.82) is 0 Å². The highest BCUT2D eigenvalue weighted by molar-refractivity contribution is 7.14. The molecule has 3 aromatic rings. The number of carbonyl (C=O) groups is 2. The van der Waals surface area contributed by atoms with Crippen LogP contribution in [0.1, 0.15) is 11.3 Å². The molecule has 2 aromatic carbocycles. The summed E-state index contributed by atoms with van der Waals surface area (Å²) in [6.07, 6.45) is 0.189. The molecule has 2 heterocycles. The Balaban J connectivity index is 1.25. The van der Waals surface area contributed by atoms with Crippen molar-refractivity contribution < 1.29 is 14.0 Å². The number of thiazole rings is 1. The lowest BCUT2D eigenvalue weighted by Crippen LogP contribution is -2.49. The van der Waals surface area contributed by atoms with E-state index in [1.54, 1.807) is 17.5 Å². The zero-order valence-corrected chi connectivity index (χ0v) is 18.5. The first-order valence-electron chi connectivity index (χ1n) is 10.3. The smallest absolute Gasteiger partial charge is 0.325 e. The van der Waals surface area contributed by atoms with Crippen LogP contribution in [0.25, 0.3) is 0 Å². The molecule has 0 spiro atoms. The molecule has 0 bridgehead atoms. The Kier molecular flexibility index (Phi) is 6.65. The van der Waals surface area contributed by atoms with Gasteiger partial charge in [-0.05, 0) is 48.9 Å². The van der Waals surface area contributed by atoms with Crippen molar-refractivity contribution in [3.8, 4) is 0 Å². The minimum absolute atomic E-state index is 0.00446. The van der Waals surface area contributed by atoms with Crippen LogP contribution in [0.5, 0.6) is 0 Å². The van der Waals surface area contributed by atoms with E-state index in [0.717, 1.165) is 11.3 Å². The van der Waals surface area contributed by atoms with Crippen LogP contribution in [-0.4, -0.2) is 48.0 Å². The highest BCUT2D eigenvalue weighted by atomic mass is 32.1. The third kappa shape index (κ3) is 5.61. The van der Waals surface area contributed by atoms with Crippen molar-refractivity contribution in [2.45, 2.75) is 13.3 Å². The molecule has 0 saturated carbocycles. The summed E-state index contributed by atoms with van der Waals surface area (Å²) in [5.41, 5.74) is 3.34. The number of aryl methyl sites for hydroxylation is 1. The predicted octanol–water partition coefficient (Wildman–Crippen LogP) is 4.13. The van der Waals surface area contributed by atoms with Gasteiger partial charge < -0.3 is 15.1 Å². The number of nitrogens with one attached hydrogen (secondary N) is 2. The molecule has 32 heavy (non-hydrogen) atoms. The molecule has 9 heteroatoms. The summed E-state index contributed by atoms with van der Waals surface area (Å²) in [6, 6.07) is 13.5. The quantitative estimate of drug-likeness (QED) is 0.609. The van der Waals surface area contributed by atoms with E-state index in [1.807, 2.05) is 36.1 Å². The molecular weight excluding hydrogens is 429 g/mol. The molecule has 4 rings (SSSR count). The Labute approximate surface area is 189 Å². The monoisotopic (exact) mass is 453 g/mol. The van der Waals surface area contributed by atoms with E-state index in [9.17, 15) is 14.0 Å². The summed E-state index contributed by atoms with van der Waals surface area (Å²) >= 11 is 1.29. The molecule has 0 atom stereocenters. The van der Waals surface area contributed by atoms with E-state index < -0.39 is 0 Å². The summed E-state index contributed by atoms with van der Waals surface area (Å²) in [6.45, 7) is 4.55. The van der Waals surface area contributed by atoms with Crippen LogP contribution in [0.2, 0.25) is 0 Å². The van der Waals surface area contributed by atoms with Gasteiger partial charge >= 0.3 is 6.03 Å². The molecule has 7 nitrogen and oxygen atoms in total. The summed E-state index contributed by atoms with van der Waals surface area (Å²) in [7, 11) is 0. The third-order valence-corrected chi connectivity index (χ3v) is 6.01. The first-order valence-corrected chi connectivity index (χ1v) is 11.2. The van der Waals surface area contributed by atoms with E-state index >= 15 is 0 Å². The normalized spacial score (nSPS) is 13.7. The van der Waals surface area contributed by atoms with Crippen molar-refractivity contribution >= 4 is 39.8 Å². The van der Waals surface area contributed by atoms with Gasteiger partial charge in [0.05, 0.1) is 12.1 Å². The molecule has 1 aliphatic rings. The molecule has 1 aromatic heterocycles. The average molecular weight is 454 g/mol. The van der Waals surface area contributed by atoms with Crippen molar-refractivity contribution in [3.63, 3.8) is 0 Å². The maximum atomic E-state index is 13.1. The number of carbonyl (C=O) groups excluding carboxylic acids is 2. The van der Waals surface area contributed by atoms with E-state index in [1.165, 1.54) is 23.5 Å². The third-order valence-electron chi connectivity index (χ3n) is 5.20. The number of aromatic nitrogens is 1. The first kappa shape index (κ1) is 21.8. The summed E-state index contributed by atoms with van der Waals surface area (Å²) < 4.78 is 13.1. The summed E-state index contributed by atoms with van der Waals surface area (Å²) in [5, 5.41) is 7.71. The SMILES string of the molecule is Cc1cccc(NC(=O)Nc2nc(CC(=O)N3CCN(c4ccc(F)cc4)CC3)cs2)c1. The van der Waals surface area contributed by atoms with Gasteiger partial charge in [0, 0.05) is 42.9 Å². The van der Waals surface area contributed by atoms with Crippen LogP contribution in [0.4, 0.5) is 25.7 Å². The maximum absolute atomic E-state index is 13.1. The van der Waals surface area contributed by atoms with Gasteiger partial charge in [0.25, 0.3) is 0 Å². The standard InChI is InChI=1S/C23H24FN5O2S/c1-16-3-2-4-18(13-16)25-22(31)27-23-26-19(15-32-23)14-21(30)29-11-9-28(10-12-29)20-7-5-17(24)6-8-20/h2-8,13,15H,9-12,14H2,1H3,(H2,25,26,27,31). The van der Waals surface area contributed by atoms with Crippen LogP contribution in [0.3, 0.4) is 0 Å². The van der Waals surface area contributed by atoms with Gasteiger partial charge in [-0.1, -0.05) is 12.1 Å². The van der Waals surface area contributed by atoms with Crippen LogP contribution in [0.15, 0.2) is 53.9 Å². The minimum atomic E-state index is -0.375. The number of anilines is 3. The number of hydrogen-bond acceptors (Lipinski definition) is 5. The number of halogens is 1. The van der Waals surface area contributed by atoms with Gasteiger partial charge in [-0.25, -0.2) is 14.2 Å². The highest BCUT2D eigenvalue weighted by Gasteiger charge is 2.22. The number of urea groups is 1. The topological polar surface area (TPSA) is 77.6 Å². The van der Waals surface area contributed by atoms with E-state index in [4.69, 9.17) is 0 Å². The minimum Gasteiger partial charge on any atom is -0.368 e. The lowest BCUT2D eigenvalue weighted by molar-refractivity contribution is -0.130. The number of benzene rings is 2. The van der Waals surface area contributed by atoms with Crippen LogP contribution >= 0.6 is 11.3 Å². The van der Waals surface area contributed by atoms with Crippen molar-refractivity contribution in [3.05, 3.63) is 71.0 Å². The Hall–Kier alpha value is -3.46. The second kappa shape index (κ2) is 9.78. The highest BCUT2D eigenvalue weighted by Crippen LogP contribution is 2.19. The van der Waals surface area contributed by atoms with Gasteiger partial charge in [0.2, 0.25) is 5.91 Å². The Morgan fingerprint density at radius 2 is 1.81 bits per heavy atom. The fraction of sp³-hybridized carbons (Fsp3) is 0.261. The van der Waals surface area contributed by atoms with Crippen molar-refractivity contribution in [2.75, 3.05) is 41.7 Å². The molecule has 1 aliphatic heterocycles. The number of piperazine rings is 1. The van der Waals surface area contributed by atoms with Crippen molar-refractivity contribution in [2.24, 2.45) is 0 Å².